The number of carbonyl (C=O) groups excluding carboxylic acids is 2. The van der Waals surface area contributed by atoms with E-state index in [9.17, 15) is 14.0 Å². The molecule has 28 heavy (non-hydrogen) atoms. The molecule has 0 fully saturated rings. The van der Waals surface area contributed by atoms with Crippen molar-refractivity contribution in [2.24, 2.45) is 0 Å². The van der Waals surface area contributed by atoms with Crippen molar-refractivity contribution in [3.8, 4) is 5.75 Å². The van der Waals surface area contributed by atoms with Gasteiger partial charge in [0.25, 0.3) is 5.91 Å². The van der Waals surface area contributed by atoms with Gasteiger partial charge in [-0.15, -0.1) is 0 Å². The summed E-state index contributed by atoms with van der Waals surface area (Å²) in [5, 5.41) is 4.50. The fraction of sp³-hybridized carbons (Fsp3) is 0.143. The van der Waals surface area contributed by atoms with E-state index in [4.69, 9.17) is 21.1 Å². The Morgan fingerprint density at radius 3 is 2.46 bits per heavy atom. The molecule has 0 spiro atoms. The van der Waals surface area contributed by atoms with Crippen LogP contribution in [0, 0.1) is 5.82 Å². The van der Waals surface area contributed by atoms with Crippen LogP contribution in [0.25, 0.3) is 10.8 Å². The number of para-hydroxylation sites is 1. The number of hydrogen-bond donors (Lipinski definition) is 1. The molecule has 1 N–H and O–H groups in total. The zero-order chi connectivity index (χ0) is 20.1. The van der Waals surface area contributed by atoms with Gasteiger partial charge in [0, 0.05) is 15.8 Å². The van der Waals surface area contributed by atoms with Crippen LogP contribution in [-0.2, 0) is 14.3 Å². The van der Waals surface area contributed by atoms with Crippen molar-refractivity contribution in [2.75, 3.05) is 11.9 Å². The quantitative estimate of drug-likeness (QED) is 0.614. The maximum absolute atomic E-state index is 13.6. The SMILES string of the molecule is C[C@H](OC(=O)COc1ccc(Cl)c2ccccc12)C(=O)Nc1ccccc1F. The number of amides is 1. The van der Waals surface area contributed by atoms with Crippen molar-refractivity contribution in [2.45, 2.75) is 13.0 Å². The molecule has 3 aromatic carbocycles. The van der Waals surface area contributed by atoms with E-state index < -0.39 is 23.8 Å². The zero-order valence-electron chi connectivity index (χ0n) is 14.9. The minimum Gasteiger partial charge on any atom is -0.481 e. The van der Waals surface area contributed by atoms with Gasteiger partial charge in [-0.25, -0.2) is 9.18 Å². The highest BCUT2D eigenvalue weighted by atomic mass is 35.5. The fourth-order valence-electron chi connectivity index (χ4n) is 2.58. The summed E-state index contributed by atoms with van der Waals surface area (Å²) in [5.41, 5.74) is 0.0132. The first-order valence-electron chi connectivity index (χ1n) is 8.50. The number of carbonyl (C=O) groups is 2. The van der Waals surface area contributed by atoms with Gasteiger partial charge >= 0.3 is 5.97 Å². The smallest absolute Gasteiger partial charge is 0.344 e. The number of rotatable bonds is 6. The average molecular weight is 402 g/mol. The number of fused-ring (bicyclic) bond motifs is 1. The van der Waals surface area contributed by atoms with Gasteiger partial charge in [0.05, 0.1) is 5.69 Å². The van der Waals surface area contributed by atoms with Crippen molar-refractivity contribution in [1.82, 2.24) is 0 Å². The van der Waals surface area contributed by atoms with Crippen molar-refractivity contribution in [3.05, 3.63) is 71.5 Å². The summed E-state index contributed by atoms with van der Waals surface area (Å²) >= 11 is 6.15. The number of hydrogen-bond acceptors (Lipinski definition) is 4. The lowest BCUT2D eigenvalue weighted by molar-refractivity contribution is -0.155. The Hall–Kier alpha value is -3.12. The largest absolute Gasteiger partial charge is 0.481 e. The van der Waals surface area contributed by atoms with Crippen LogP contribution in [0.2, 0.25) is 5.02 Å². The number of ether oxygens (including phenoxy) is 2. The number of halogens is 2. The van der Waals surface area contributed by atoms with Crippen LogP contribution in [-0.4, -0.2) is 24.6 Å². The highest BCUT2D eigenvalue weighted by molar-refractivity contribution is 6.35. The van der Waals surface area contributed by atoms with Crippen molar-refractivity contribution in [1.29, 1.82) is 0 Å². The molecule has 1 amide bonds. The van der Waals surface area contributed by atoms with Gasteiger partial charge in [-0.05, 0) is 31.2 Å². The lowest BCUT2D eigenvalue weighted by Crippen LogP contribution is -2.32. The Labute approximate surface area is 166 Å². The normalized spacial score (nSPS) is 11.7. The van der Waals surface area contributed by atoms with E-state index in [1.807, 2.05) is 24.3 Å². The number of esters is 1. The highest BCUT2D eigenvalue weighted by Gasteiger charge is 2.19. The van der Waals surface area contributed by atoms with E-state index in [1.165, 1.54) is 25.1 Å². The van der Waals surface area contributed by atoms with E-state index in [-0.39, 0.29) is 12.3 Å². The summed E-state index contributed by atoms with van der Waals surface area (Å²) in [7, 11) is 0. The molecule has 5 nitrogen and oxygen atoms in total. The minimum atomic E-state index is -1.11. The Balaban J connectivity index is 1.58. The van der Waals surface area contributed by atoms with Gasteiger partial charge < -0.3 is 14.8 Å². The Morgan fingerprint density at radius 1 is 1.04 bits per heavy atom. The molecular formula is C21H17ClFNO4. The van der Waals surface area contributed by atoms with Crippen molar-refractivity contribution in [3.63, 3.8) is 0 Å². The second-order valence-electron chi connectivity index (χ2n) is 5.98. The summed E-state index contributed by atoms with van der Waals surface area (Å²) < 4.78 is 24.2. The molecule has 0 aliphatic rings. The maximum atomic E-state index is 13.6. The van der Waals surface area contributed by atoms with Crippen LogP contribution in [0.1, 0.15) is 6.92 Å². The van der Waals surface area contributed by atoms with Gasteiger partial charge in [-0.3, -0.25) is 4.79 Å². The minimum absolute atomic E-state index is 0.0132. The molecular weight excluding hydrogens is 385 g/mol. The van der Waals surface area contributed by atoms with E-state index >= 15 is 0 Å². The Morgan fingerprint density at radius 2 is 1.71 bits per heavy atom. The first kappa shape index (κ1) is 19.6. The maximum Gasteiger partial charge on any atom is 0.344 e. The zero-order valence-corrected chi connectivity index (χ0v) is 15.7. The van der Waals surface area contributed by atoms with Crippen molar-refractivity contribution < 1.29 is 23.5 Å². The first-order valence-corrected chi connectivity index (χ1v) is 8.88. The highest BCUT2D eigenvalue weighted by Crippen LogP contribution is 2.31. The third kappa shape index (κ3) is 4.58. The van der Waals surface area contributed by atoms with E-state index in [0.717, 1.165) is 10.8 Å². The molecule has 3 rings (SSSR count). The summed E-state index contributed by atoms with van der Waals surface area (Å²) in [4.78, 5) is 24.1. The molecule has 0 aromatic heterocycles. The van der Waals surface area contributed by atoms with Crippen LogP contribution in [0.4, 0.5) is 10.1 Å². The molecule has 0 aliphatic heterocycles. The number of anilines is 1. The Kier molecular flexibility index (Phi) is 6.11. The summed E-state index contributed by atoms with van der Waals surface area (Å²) in [6.45, 7) is 1.01. The second kappa shape index (κ2) is 8.71. The van der Waals surface area contributed by atoms with Crippen molar-refractivity contribution >= 4 is 39.9 Å². The molecule has 0 aliphatic carbocycles. The van der Waals surface area contributed by atoms with Gasteiger partial charge in [-0.2, -0.15) is 0 Å². The van der Waals surface area contributed by atoms with Crippen LogP contribution in [0.5, 0.6) is 5.75 Å². The Bertz CT molecular complexity index is 1020. The van der Waals surface area contributed by atoms with Gasteiger partial charge in [0.15, 0.2) is 12.7 Å². The summed E-state index contributed by atoms with van der Waals surface area (Å²) in [6, 6.07) is 16.4. The van der Waals surface area contributed by atoms with Crippen LogP contribution in [0.3, 0.4) is 0 Å². The third-order valence-corrected chi connectivity index (χ3v) is 4.32. The monoisotopic (exact) mass is 401 g/mol. The predicted molar refractivity (Wildman–Crippen MR) is 105 cm³/mol. The average Bonchev–Trinajstić information content (AvgIpc) is 2.69. The molecule has 0 unspecified atom stereocenters. The predicted octanol–water partition coefficient (Wildman–Crippen LogP) is 4.58. The van der Waals surface area contributed by atoms with Gasteiger partial charge in [-0.1, -0.05) is 48.0 Å². The topological polar surface area (TPSA) is 64.6 Å². The van der Waals surface area contributed by atoms with E-state index in [0.29, 0.717) is 10.8 Å². The molecule has 0 bridgehead atoms. The van der Waals surface area contributed by atoms with E-state index in [2.05, 4.69) is 5.32 Å². The van der Waals surface area contributed by atoms with Crippen LogP contribution in [0.15, 0.2) is 60.7 Å². The lowest BCUT2D eigenvalue weighted by atomic mass is 10.1. The molecule has 7 heteroatoms. The van der Waals surface area contributed by atoms with Crippen LogP contribution >= 0.6 is 11.6 Å². The number of benzene rings is 3. The van der Waals surface area contributed by atoms with Gasteiger partial charge in [0.1, 0.15) is 11.6 Å². The number of nitrogens with one attached hydrogen (secondary N) is 1. The van der Waals surface area contributed by atoms with Crippen LogP contribution < -0.4 is 10.1 Å². The summed E-state index contributed by atoms with van der Waals surface area (Å²) in [5.74, 6) is -1.47. The molecule has 1 atom stereocenters. The van der Waals surface area contributed by atoms with E-state index in [1.54, 1.807) is 18.2 Å². The molecule has 0 saturated heterocycles. The fourth-order valence-corrected chi connectivity index (χ4v) is 2.81. The molecule has 3 aromatic rings. The van der Waals surface area contributed by atoms with Gasteiger partial charge in [0.2, 0.25) is 0 Å². The third-order valence-electron chi connectivity index (χ3n) is 3.99. The molecule has 0 radical (unpaired) electrons. The standard InChI is InChI=1S/C21H17ClFNO4/c1-13(21(26)24-18-9-5-4-8-17(18)23)28-20(25)12-27-19-11-10-16(22)14-6-2-3-7-15(14)19/h2-11,13H,12H2,1H3,(H,24,26)/t13-/m0/s1. The molecule has 0 saturated carbocycles. The lowest BCUT2D eigenvalue weighted by Gasteiger charge is -2.15. The second-order valence-corrected chi connectivity index (χ2v) is 6.39. The molecule has 144 valence electrons. The molecule has 0 heterocycles. The first-order chi connectivity index (χ1) is 13.5. The summed E-state index contributed by atoms with van der Waals surface area (Å²) in [6.07, 6.45) is -1.11.